The Hall–Kier alpha value is -3.95. The van der Waals surface area contributed by atoms with E-state index in [9.17, 15) is 19.2 Å². The molecule has 0 fully saturated rings. The molecule has 16 heteroatoms. The van der Waals surface area contributed by atoms with Crippen molar-refractivity contribution in [1.82, 2.24) is 20.1 Å². The van der Waals surface area contributed by atoms with Crippen LogP contribution in [0, 0.1) is 5.41 Å². The van der Waals surface area contributed by atoms with Gasteiger partial charge in [-0.3, -0.25) is 10.7 Å². The summed E-state index contributed by atoms with van der Waals surface area (Å²) in [6.45, 7) is 20.9. The van der Waals surface area contributed by atoms with Gasteiger partial charge in [0, 0.05) is 36.2 Å². The number of nitrogens with zero attached hydrogens (tertiary/aromatic N) is 4. The lowest BCUT2D eigenvalue weighted by atomic mass is 10.1. The summed E-state index contributed by atoms with van der Waals surface area (Å²) >= 11 is 3.45. The molecule has 1 rings (SSSR count). The summed E-state index contributed by atoms with van der Waals surface area (Å²) < 4.78 is 28.0. The molecule has 0 unspecified atom stereocenters. The van der Waals surface area contributed by atoms with E-state index in [1.54, 1.807) is 95.2 Å². The fraction of sp³-hybridized carbons (Fsp3) is 0.711. The predicted molar refractivity (Wildman–Crippen MR) is 212 cm³/mol. The van der Waals surface area contributed by atoms with Gasteiger partial charge in [0.1, 0.15) is 28.2 Å². The van der Waals surface area contributed by atoms with Gasteiger partial charge in [0.15, 0.2) is 0 Å². The van der Waals surface area contributed by atoms with Crippen LogP contribution in [0.25, 0.3) is 0 Å². The second-order valence-electron chi connectivity index (χ2n) is 16.6. The normalized spacial score (nSPS) is 12.4. The summed E-state index contributed by atoms with van der Waals surface area (Å²) in [5.74, 6) is -0.148. The minimum absolute atomic E-state index is 0.00428. The van der Waals surface area contributed by atoms with Crippen molar-refractivity contribution in [2.75, 3.05) is 25.0 Å². The number of aliphatic imine (C=N–C) groups is 1. The number of ether oxygens (including phenoxy) is 5. The Kier molecular flexibility index (Phi) is 19.4. The highest BCUT2D eigenvalue weighted by molar-refractivity contribution is 9.09. The predicted octanol–water partition coefficient (Wildman–Crippen LogP) is 9.20. The number of nitrogens with one attached hydrogen (secondary N) is 2. The molecule has 1 heterocycles. The van der Waals surface area contributed by atoms with Crippen molar-refractivity contribution in [3.8, 4) is 5.88 Å². The topological polar surface area (TPSA) is 182 Å². The van der Waals surface area contributed by atoms with E-state index in [1.165, 1.54) is 16.0 Å². The summed E-state index contributed by atoms with van der Waals surface area (Å²) in [5, 5.41) is 11.4. The maximum absolute atomic E-state index is 13.8. The van der Waals surface area contributed by atoms with Crippen molar-refractivity contribution in [2.45, 2.75) is 150 Å². The van der Waals surface area contributed by atoms with Crippen LogP contribution in [0.1, 0.15) is 134 Å². The van der Waals surface area contributed by atoms with E-state index in [0.717, 1.165) is 31.0 Å². The molecule has 15 nitrogen and oxygen atoms in total. The summed E-state index contributed by atoms with van der Waals surface area (Å²) in [4.78, 5) is 63.6. The maximum atomic E-state index is 13.8. The molecule has 0 aliphatic heterocycles. The maximum Gasteiger partial charge on any atom is 0.437 e. The van der Waals surface area contributed by atoms with Gasteiger partial charge in [-0.25, -0.2) is 34.0 Å². The van der Waals surface area contributed by atoms with E-state index in [0.29, 0.717) is 24.8 Å². The van der Waals surface area contributed by atoms with Crippen LogP contribution in [0.15, 0.2) is 23.3 Å². The molecule has 1 aromatic heterocycles. The molecular formula is C38H63BrN6O9. The molecule has 0 aliphatic carbocycles. The van der Waals surface area contributed by atoms with Crippen molar-refractivity contribution in [1.29, 1.82) is 5.41 Å². The smallest absolute Gasteiger partial charge is 0.437 e. The van der Waals surface area contributed by atoms with Crippen molar-refractivity contribution in [3.05, 3.63) is 23.9 Å². The highest BCUT2D eigenvalue weighted by atomic mass is 79.9. The average molecular weight is 828 g/mol. The first-order chi connectivity index (χ1) is 24.8. The third-order valence-electron chi connectivity index (χ3n) is 6.49. The number of carbonyl (C=O) groups is 4. The molecule has 306 valence electrons. The van der Waals surface area contributed by atoms with Crippen LogP contribution in [0.2, 0.25) is 0 Å². The Balaban J connectivity index is 3.30. The molecule has 0 aliphatic rings. The van der Waals surface area contributed by atoms with Gasteiger partial charge in [0.2, 0.25) is 11.8 Å². The number of aromatic nitrogens is 1. The van der Waals surface area contributed by atoms with Crippen LogP contribution in [0.4, 0.5) is 19.2 Å². The van der Waals surface area contributed by atoms with Gasteiger partial charge in [-0.15, -0.1) is 4.99 Å². The van der Waals surface area contributed by atoms with Gasteiger partial charge in [0.05, 0.1) is 6.61 Å². The van der Waals surface area contributed by atoms with Gasteiger partial charge in [0.25, 0.3) is 0 Å². The first kappa shape index (κ1) is 48.1. The Bertz CT molecular complexity index is 1410. The van der Waals surface area contributed by atoms with E-state index in [2.05, 4.69) is 31.2 Å². The summed E-state index contributed by atoms with van der Waals surface area (Å²) in [7, 11) is 0. The van der Waals surface area contributed by atoms with Crippen molar-refractivity contribution in [3.63, 3.8) is 0 Å². The Labute approximate surface area is 329 Å². The van der Waals surface area contributed by atoms with E-state index in [1.807, 2.05) is 0 Å². The Morgan fingerprint density at radius 2 is 1.19 bits per heavy atom. The van der Waals surface area contributed by atoms with E-state index in [4.69, 9.17) is 29.1 Å². The lowest BCUT2D eigenvalue weighted by molar-refractivity contribution is 0.0270. The number of unbranched alkanes of at least 4 members (excludes halogenated alkanes) is 5. The summed E-state index contributed by atoms with van der Waals surface area (Å²) in [5.41, 5.74) is -3.03. The number of rotatable bonds is 14. The third kappa shape index (κ3) is 21.7. The molecular weight excluding hydrogens is 764 g/mol. The molecule has 2 N–H and O–H groups in total. The van der Waals surface area contributed by atoms with Gasteiger partial charge < -0.3 is 23.7 Å². The number of carbonyl (C=O) groups excluding carboxylic acids is 4. The van der Waals surface area contributed by atoms with Gasteiger partial charge in [-0.2, -0.15) is 0 Å². The number of guanidine groups is 1. The number of alkyl halides is 1. The molecule has 1 aromatic rings. The highest BCUT2D eigenvalue weighted by Gasteiger charge is 2.35. The standard InChI is InChI=1S/C38H63BrN6O9/c1-35(2,3)51-31(46)42-29(40)27-20-21-28(41-26-27)50-25-19-18-24-45(34(49)54-38(10,11)12)30(43-32(47)52-36(4,5)6)44(33(48)53-37(7,8)9)23-17-15-13-14-16-22-39/h20-21,26H,13-19,22-25H2,1-12H3,(H2,40,42,46)/b43-30+. The lowest BCUT2D eigenvalue weighted by Crippen LogP contribution is -2.53. The van der Waals surface area contributed by atoms with E-state index < -0.39 is 46.8 Å². The second-order valence-corrected chi connectivity index (χ2v) is 17.3. The fourth-order valence-corrected chi connectivity index (χ4v) is 4.74. The van der Waals surface area contributed by atoms with Crippen LogP contribution in [0.5, 0.6) is 5.88 Å². The van der Waals surface area contributed by atoms with E-state index in [-0.39, 0.29) is 37.4 Å². The first-order valence-electron chi connectivity index (χ1n) is 18.4. The van der Waals surface area contributed by atoms with Crippen molar-refractivity contribution < 1.29 is 42.9 Å². The van der Waals surface area contributed by atoms with Gasteiger partial charge in [-0.05, 0) is 115 Å². The number of hydrogen-bond acceptors (Lipinski definition) is 11. The number of alkyl carbamates (subject to hydrolysis) is 1. The first-order valence-corrected chi connectivity index (χ1v) is 19.5. The number of amidine groups is 1. The van der Waals surface area contributed by atoms with Crippen LogP contribution < -0.4 is 10.1 Å². The van der Waals surface area contributed by atoms with E-state index >= 15 is 0 Å². The molecule has 0 saturated heterocycles. The minimum atomic E-state index is -0.982. The zero-order chi connectivity index (χ0) is 41.3. The monoisotopic (exact) mass is 826 g/mol. The fourth-order valence-electron chi connectivity index (χ4n) is 4.35. The zero-order valence-corrected chi connectivity index (χ0v) is 35.9. The quantitative estimate of drug-likeness (QED) is 0.0603. The molecule has 0 saturated carbocycles. The van der Waals surface area contributed by atoms with Crippen molar-refractivity contribution >= 4 is 52.1 Å². The second kappa shape index (κ2) is 21.8. The largest absolute Gasteiger partial charge is 0.478 e. The Morgan fingerprint density at radius 3 is 1.65 bits per heavy atom. The Morgan fingerprint density at radius 1 is 0.704 bits per heavy atom. The average Bonchev–Trinajstić information content (AvgIpc) is 2.98. The molecule has 4 amide bonds. The van der Waals surface area contributed by atoms with Crippen LogP contribution >= 0.6 is 15.9 Å². The SMILES string of the molecule is CC(C)(C)OC(=O)/N=C(\N(CCCCCCCBr)C(=O)OC(C)(C)C)N(CCCCOc1ccc(C(=N)NC(=O)OC(C)(C)C)cn1)C(=O)OC(C)(C)C. The highest BCUT2D eigenvalue weighted by Crippen LogP contribution is 2.19. The van der Waals surface area contributed by atoms with Gasteiger partial charge >= 0.3 is 24.4 Å². The molecule has 54 heavy (non-hydrogen) atoms. The zero-order valence-electron chi connectivity index (χ0n) is 34.4. The molecule has 0 aromatic carbocycles. The number of hydrogen-bond donors (Lipinski definition) is 2. The third-order valence-corrected chi connectivity index (χ3v) is 7.05. The van der Waals surface area contributed by atoms with Crippen molar-refractivity contribution in [2.24, 2.45) is 4.99 Å². The summed E-state index contributed by atoms with van der Waals surface area (Å²) in [6.07, 6.45) is 3.20. The van der Waals surface area contributed by atoms with Crippen LogP contribution in [-0.2, 0) is 18.9 Å². The molecule has 0 bridgehead atoms. The van der Waals surface area contributed by atoms with Gasteiger partial charge in [-0.1, -0.05) is 35.2 Å². The number of pyridine rings is 1. The lowest BCUT2D eigenvalue weighted by Gasteiger charge is -2.34. The van der Waals surface area contributed by atoms with Crippen LogP contribution in [0.3, 0.4) is 0 Å². The summed E-state index contributed by atoms with van der Waals surface area (Å²) in [6, 6.07) is 3.15. The minimum Gasteiger partial charge on any atom is -0.478 e. The molecule has 0 atom stereocenters. The van der Waals surface area contributed by atoms with Crippen LogP contribution in [-0.4, -0.2) is 98.4 Å². The number of amides is 4. The molecule has 0 spiro atoms. The molecule has 0 radical (unpaired) electrons. The number of halogens is 1.